The molecule has 0 saturated carbocycles. The Morgan fingerprint density at radius 3 is 2.47 bits per heavy atom. The number of nitrogens with zero attached hydrogens (tertiary/aromatic N) is 1. The highest BCUT2D eigenvalue weighted by Gasteiger charge is 2.27. The third-order valence-electron chi connectivity index (χ3n) is 2.91. The van der Waals surface area contributed by atoms with Crippen molar-refractivity contribution < 1.29 is 8.42 Å². The Labute approximate surface area is 117 Å². The average Bonchev–Trinajstić information content (AvgIpc) is 2.80. The van der Waals surface area contributed by atoms with Crippen molar-refractivity contribution in [2.24, 2.45) is 5.73 Å². The van der Waals surface area contributed by atoms with Gasteiger partial charge in [-0.25, -0.2) is 8.42 Å². The monoisotopic (exact) mass is 296 g/mol. The van der Waals surface area contributed by atoms with Crippen LogP contribution in [0.25, 0.3) is 0 Å². The summed E-state index contributed by atoms with van der Waals surface area (Å²) in [6.45, 7) is 2.02. The number of sulfonamides is 1. The Kier molecular flexibility index (Phi) is 3.93. The van der Waals surface area contributed by atoms with Crippen molar-refractivity contribution in [2.45, 2.75) is 18.4 Å². The zero-order valence-corrected chi connectivity index (χ0v) is 12.5. The minimum atomic E-state index is -3.56. The summed E-state index contributed by atoms with van der Waals surface area (Å²) in [5.41, 5.74) is 7.01. The first-order chi connectivity index (χ1) is 8.98. The lowest BCUT2D eigenvalue weighted by Gasteiger charge is -2.20. The number of para-hydroxylation sites is 1. The second-order valence-corrected chi connectivity index (χ2v) is 7.05. The van der Waals surface area contributed by atoms with E-state index in [1.807, 2.05) is 23.6 Å². The van der Waals surface area contributed by atoms with Gasteiger partial charge in [-0.15, -0.1) is 11.3 Å². The number of aryl methyl sites for hydroxylation is 1. The van der Waals surface area contributed by atoms with Crippen LogP contribution in [0.5, 0.6) is 0 Å². The van der Waals surface area contributed by atoms with Crippen molar-refractivity contribution in [1.82, 2.24) is 0 Å². The van der Waals surface area contributed by atoms with Crippen molar-refractivity contribution in [1.29, 1.82) is 0 Å². The Bertz CT molecular complexity index is 663. The second-order valence-electron chi connectivity index (χ2n) is 4.18. The van der Waals surface area contributed by atoms with Gasteiger partial charge in [0, 0.05) is 18.5 Å². The van der Waals surface area contributed by atoms with Crippen LogP contribution in [-0.2, 0) is 16.6 Å². The van der Waals surface area contributed by atoms with Crippen molar-refractivity contribution in [3.05, 3.63) is 46.2 Å². The molecule has 102 valence electrons. The van der Waals surface area contributed by atoms with E-state index < -0.39 is 10.0 Å². The van der Waals surface area contributed by atoms with Gasteiger partial charge in [-0.3, -0.25) is 4.31 Å². The molecule has 2 N–H and O–H groups in total. The van der Waals surface area contributed by atoms with Crippen LogP contribution in [0, 0.1) is 6.92 Å². The molecule has 4 nitrogen and oxygen atoms in total. The van der Waals surface area contributed by atoms with Crippen molar-refractivity contribution in [2.75, 3.05) is 11.4 Å². The number of nitrogens with two attached hydrogens (primary N) is 1. The fourth-order valence-corrected chi connectivity index (χ4v) is 4.73. The molecule has 6 heteroatoms. The predicted molar refractivity (Wildman–Crippen MR) is 79.0 cm³/mol. The molecule has 0 aliphatic rings. The third-order valence-corrected chi connectivity index (χ3v) is 6.19. The molecule has 0 spiro atoms. The quantitative estimate of drug-likeness (QED) is 0.942. The van der Waals surface area contributed by atoms with E-state index in [0.29, 0.717) is 15.5 Å². The number of hydrogen-bond acceptors (Lipinski definition) is 4. The van der Waals surface area contributed by atoms with Crippen molar-refractivity contribution in [3.63, 3.8) is 0 Å². The topological polar surface area (TPSA) is 63.4 Å². The molecule has 0 amide bonds. The molecule has 0 saturated heterocycles. The van der Waals surface area contributed by atoms with Crippen LogP contribution >= 0.6 is 11.3 Å². The summed E-state index contributed by atoms with van der Waals surface area (Å²) < 4.78 is 26.6. The van der Waals surface area contributed by atoms with Crippen molar-refractivity contribution in [3.8, 4) is 0 Å². The normalized spacial score (nSPS) is 11.5. The predicted octanol–water partition coefficient (Wildman–Crippen LogP) is 2.34. The summed E-state index contributed by atoms with van der Waals surface area (Å²) in [7, 11) is -2.00. The van der Waals surface area contributed by atoms with E-state index in [1.165, 1.54) is 15.6 Å². The van der Waals surface area contributed by atoms with E-state index in [-0.39, 0.29) is 6.54 Å². The molecular formula is C13H16N2O2S2. The number of benzene rings is 1. The molecule has 0 aliphatic heterocycles. The molecule has 0 fully saturated rings. The number of hydrogen-bond donors (Lipinski definition) is 1. The molecule has 1 aromatic carbocycles. The molecule has 2 rings (SSSR count). The zero-order chi connectivity index (χ0) is 14.0. The molecule has 1 heterocycles. The zero-order valence-electron chi connectivity index (χ0n) is 10.8. The highest BCUT2D eigenvalue weighted by molar-refractivity contribution is 7.93. The Hall–Kier alpha value is -1.37. The van der Waals surface area contributed by atoms with Gasteiger partial charge in [-0.2, -0.15) is 0 Å². The summed E-state index contributed by atoms with van der Waals surface area (Å²) >= 11 is 1.38. The Morgan fingerprint density at radius 1 is 1.26 bits per heavy atom. The second kappa shape index (κ2) is 5.32. The third kappa shape index (κ3) is 2.51. The van der Waals surface area contributed by atoms with Crippen LogP contribution in [-0.4, -0.2) is 15.5 Å². The molecular weight excluding hydrogens is 280 g/mol. The maximum atomic E-state index is 12.7. The molecule has 0 unspecified atom stereocenters. The maximum absolute atomic E-state index is 12.7. The minimum Gasteiger partial charge on any atom is -0.326 e. The summed E-state index contributed by atoms with van der Waals surface area (Å²) in [4.78, 5) is 1.03. The summed E-state index contributed by atoms with van der Waals surface area (Å²) in [6.07, 6.45) is 0. The molecule has 0 radical (unpaired) electrons. The molecule has 0 atom stereocenters. The van der Waals surface area contributed by atoms with Gasteiger partial charge in [0.2, 0.25) is 0 Å². The first-order valence-electron chi connectivity index (χ1n) is 5.79. The van der Waals surface area contributed by atoms with Gasteiger partial charge in [-0.1, -0.05) is 18.2 Å². The number of thiophene rings is 1. The highest BCUT2D eigenvalue weighted by atomic mass is 32.2. The standard InChI is InChI=1S/C13H16N2O2S2/c1-10-9-18-12(8-14)13(10)19(16,17)15(2)11-6-4-3-5-7-11/h3-7,9H,8,14H2,1-2H3. The van der Waals surface area contributed by atoms with E-state index in [0.717, 1.165) is 5.56 Å². The molecule has 19 heavy (non-hydrogen) atoms. The molecule has 2 aromatic rings. The first-order valence-corrected chi connectivity index (χ1v) is 8.11. The van der Waals surface area contributed by atoms with Gasteiger partial charge in [-0.05, 0) is 30.0 Å². The molecule has 0 bridgehead atoms. The lowest BCUT2D eigenvalue weighted by atomic mass is 10.3. The van der Waals surface area contributed by atoms with E-state index in [9.17, 15) is 8.42 Å². The van der Waals surface area contributed by atoms with Crippen LogP contribution in [0.15, 0.2) is 40.6 Å². The van der Waals surface area contributed by atoms with Gasteiger partial charge >= 0.3 is 0 Å². The van der Waals surface area contributed by atoms with E-state index >= 15 is 0 Å². The first kappa shape index (κ1) is 14.0. The summed E-state index contributed by atoms with van der Waals surface area (Å²) in [5, 5.41) is 1.83. The average molecular weight is 296 g/mol. The van der Waals surface area contributed by atoms with E-state index in [2.05, 4.69) is 0 Å². The largest absolute Gasteiger partial charge is 0.326 e. The van der Waals surface area contributed by atoms with Crippen LogP contribution in [0.4, 0.5) is 5.69 Å². The van der Waals surface area contributed by atoms with Gasteiger partial charge in [0.15, 0.2) is 0 Å². The highest BCUT2D eigenvalue weighted by Crippen LogP contribution is 2.30. The fraction of sp³-hybridized carbons (Fsp3) is 0.231. The maximum Gasteiger partial charge on any atom is 0.265 e. The van der Waals surface area contributed by atoms with E-state index in [1.54, 1.807) is 26.1 Å². The van der Waals surface area contributed by atoms with Gasteiger partial charge < -0.3 is 5.73 Å². The van der Waals surface area contributed by atoms with Crippen LogP contribution < -0.4 is 10.0 Å². The number of anilines is 1. The van der Waals surface area contributed by atoms with Gasteiger partial charge in [0.05, 0.1) is 5.69 Å². The van der Waals surface area contributed by atoms with Crippen molar-refractivity contribution >= 4 is 27.0 Å². The number of rotatable bonds is 4. The van der Waals surface area contributed by atoms with Crippen LogP contribution in [0.2, 0.25) is 0 Å². The smallest absolute Gasteiger partial charge is 0.265 e. The Balaban J connectivity index is 2.51. The SMILES string of the molecule is Cc1csc(CN)c1S(=O)(=O)N(C)c1ccccc1. The lowest BCUT2D eigenvalue weighted by molar-refractivity contribution is 0.593. The van der Waals surface area contributed by atoms with Crippen LogP contribution in [0.1, 0.15) is 10.4 Å². The lowest BCUT2D eigenvalue weighted by Crippen LogP contribution is -2.27. The van der Waals surface area contributed by atoms with Gasteiger partial charge in [0.25, 0.3) is 10.0 Å². The summed E-state index contributed by atoms with van der Waals surface area (Å²) in [6, 6.07) is 9.01. The fourth-order valence-electron chi connectivity index (χ4n) is 1.89. The molecule has 1 aromatic heterocycles. The van der Waals surface area contributed by atoms with E-state index in [4.69, 9.17) is 5.73 Å². The van der Waals surface area contributed by atoms with Gasteiger partial charge in [0.1, 0.15) is 4.90 Å². The summed E-state index contributed by atoms with van der Waals surface area (Å²) in [5.74, 6) is 0. The van der Waals surface area contributed by atoms with Crippen LogP contribution in [0.3, 0.4) is 0 Å². The molecule has 0 aliphatic carbocycles. The minimum absolute atomic E-state index is 0.232. The Morgan fingerprint density at radius 2 is 1.89 bits per heavy atom.